The zero-order valence-electron chi connectivity index (χ0n) is 44.4. The molecule has 0 aromatic rings. The second-order valence-corrected chi connectivity index (χ2v) is 25.7. The predicted molar refractivity (Wildman–Crippen MR) is 258 cm³/mol. The van der Waals surface area contributed by atoms with Gasteiger partial charge in [0.2, 0.25) is 0 Å². The van der Waals surface area contributed by atoms with Gasteiger partial charge in [0.25, 0.3) is 0 Å². The smallest absolute Gasteiger partial charge is 0.309 e. The Kier molecular flexibility index (Phi) is 16.3. The van der Waals surface area contributed by atoms with Crippen LogP contribution in [0, 0.1) is 50.2 Å². The average Bonchev–Trinajstić information content (AvgIpc) is 3.56. The molecule has 23 heteroatoms. The molecule has 8 fully saturated rings. The van der Waals surface area contributed by atoms with Crippen molar-refractivity contribution in [2.24, 2.45) is 50.2 Å². The molecule has 434 valence electrons. The van der Waals surface area contributed by atoms with Crippen LogP contribution >= 0.6 is 0 Å². The van der Waals surface area contributed by atoms with E-state index >= 15 is 4.79 Å². The number of allylic oxidation sites excluding steroid dienone is 2. The number of hydrogen-bond acceptors (Lipinski definition) is 22. The lowest BCUT2D eigenvalue weighted by atomic mass is 9.33. The number of carboxylic acid groups (broad SMARTS) is 1. The Morgan fingerprint density at radius 2 is 1.16 bits per heavy atom. The van der Waals surface area contributed by atoms with E-state index in [1.54, 1.807) is 0 Å². The number of aliphatic carboxylic acids is 1. The molecule has 4 aliphatic heterocycles. The Morgan fingerprint density at radius 1 is 0.592 bits per heavy atom. The topological polar surface area (TPSA) is 371 Å². The van der Waals surface area contributed by atoms with Crippen LogP contribution in [0.3, 0.4) is 0 Å². The lowest BCUT2D eigenvalue weighted by Crippen LogP contribution is -2.69. The number of carbonyl (C=O) groups is 2. The van der Waals surface area contributed by atoms with E-state index in [4.69, 9.17) is 37.9 Å². The molecule has 0 bridgehead atoms. The minimum absolute atomic E-state index is 0.0273. The van der Waals surface area contributed by atoms with Crippen LogP contribution in [0.1, 0.15) is 106 Å². The van der Waals surface area contributed by atoms with Gasteiger partial charge in [0.15, 0.2) is 30.9 Å². The number of aliphatic hydroxyl groups is 12. The molecule has 28 atom stereocenters. The normalized spacial score (nSPS) is 54.3. The summed E-state index contributed by atoms with van der Waals surface area (Å²) < 4.78 is 48.1. The van der Waals surface area contributed by atoms with Crippen molar-refractivity contribution in [3.63, 3.8) is 0 Å². The highest BCUT2D eigenvalue weighted by atomic mass is 16.8. The first-order chi connectivity index (χ1) is 35.5. The fourth-order valence-electron chi connectivity index (χ4n) is 16.1. The first-order valence-electron chi connectivity index (χ1n) is 27.2. The summed E-state index contributed by atoms with van der Waals surface area (Å²) in [5, 5.41) is 140. The number of hydrogen-bond donors (Lipinski definition) is 13. The van der Waals surface area contributed by atoms with Crippen molar-refractivity contribution in [2.75, 3.05) is 26.4 Å². The largest absolute Gasteiger partial charge is 0.481 e. The first kappa shape index (κ1) is 58.7. The van der Waals surface area contributed by atoms with Crippen molar-refractivity contribution < 1.29 is 114 Å². The van der Waals surface area contributed by atoms with Gasteiger partial charge in [-0.1, -0.05) is 47.1 Å². The lowest BCUT2D eigenvalue weighted by molar-refractivity contribution is -0.404. The summed E-state index contributed by atoms with van der Waals surface area (Å²) in [5.74, 6) is -1.15. The highest BCUT2D eigenvalue weighted by Crippen LogP contribution is 2.75. The van der Waals surface area contributed by atoms with Crippen molar-refractivity contribution in [3.8, 4) is 0 Å². The van der Waals surface area contributed by atoms with Gasteiger partial charge in [-0.25, -0.2) is 0 Å². The zero-order valence-corrected chi connectivity index (χ0v) is 44.4. The van der Waals surface area contributed by atoms with E-state index in [0.717, 1.165) is 37.7 Å². The number of ketones is 1. The molecular formula is C53H84O23. The monoisotopic (exact) mass is 1090 g/mol. The van der Waals surface area contributed by atoms with Crippen LogP contribution in [0.4, 0.5) is 0 Å². The summed E-state index contributed by atoms with van der Waals surface area (Å²) in [6.45, 7) is 11.9. The number of ether oxygens (including phenoxy) is 8. The van der Waals surface area contributed by atoms with Crippen LogP contribution in [0.5, 0.6) is 0 Å². The summed E-state index contributed by atoms with van der Waals surface area (Å²) in [6, 6.07) is 0. The molecule has 0 aromatic heterocycles. The van der Waals surface area contributed by atoms with Crippen molar-refractivity contribution in [1.29, 1.82) is 0 Å². The van der Waals surface area contributed by atoms with Crippen molar-refractivity contribution in [3.05, 3.63) is 11.6 Å². The van der Waals surface area contributed by atoms with E-state index in [1.807, 2.05) is 13.0 Å². The van der Waals surface area contributed by atoms with E-state index in [-0.39, 0.29) is 34.4 Å². The molecule has 0 aromatic carbocycles. The first-order valence-corrected chi connectivity index (χ1v) is 27.2. The predicted octanol–water partition coefficient (Wildman–Crippen LogP) is -1.65. The molecule has 4 saturated carbocycles. The summed E-state index contributed by atoms with van der Waals surface area (Å²) in [7, 11) is 0. The third-order valence-corrected chi connectivity index (χ3v) is 21.1. The Labute approximate surface area is 442 Å². The third kappa shape index (κ3) is 9.38. The second-order valence-electron chi connectivity index (χ2n) is 25.7. The van der Waals surface area contributed by atoms with Crippen LogP contribution in [-0.2, 0) is 47.5 Å². The molecule has 0 amide bonds. The molecule has 0 spiro atoms. The fourth-order valence-corrected chi connectivity index (χ4v) is 16.1. The highest BCUT2D eigenvalue weighted by molar-refractivity contribution is 5.95. The van der Waals surface area contributed by atoms with Gasteiger partial charge in [-0.2, -0.15) is 0 Å². The molecule has 0 radical (unpaired) electrons. The molecule has 4 saturated heterocycles. The molecule has 9 aliphatic rings. The van der Waals surface area contributed by atoms with Crippen LogP contribution in [0.15, 0.2) is 11.6 Å². The van der Waals surface area contributed by atoms with Gasteiger partial charge in [-0.3, -0.25) is 9.59 Å². The maximum atomic E-state index is 15.0. The van der Waals surface area contributed by atoms with Gasteiger partial charge in [0.05, 0.1) is 37.9 Å². The van der Waals surface area contributed by atoms with Crippen molar-refractivity contribution in [1.82, 2.24) is 0 Å². The molecular weight excluding hydrogens is 1000 g/mol. The number of carbonyl (C=O) groups excluding carboxylic acids is 1. The van der Waals surface area contributed by atoms with Gasteiger partial charge in [-0.15, -0.1) is 0 Å². The number of carboxylic acids is 1. The summed E-state index contributed by atoms with van der Waals surface area (Å²) >= 11 is 0. The Morgan fingerprint density at radius 3 is 1.82 bits per heavy atom. The second kappa shape index (κ2) is 21.1. The summed E-state index contributed by atoms with van der Waals surface area (Å²) in [4.78, 5) is 27.6. The zero-order chi connectivity index (χ0) is 55.6. The fraction of sp³-hybridized carbons (Fsp3) is 0.925. The summed E-state index contributed by atoms with van der Waals surface area (Å²) in [6.07, 6.45) is -26.4. The van der Waals surface area contributed by atoms with Crippen LogP contribution in [0.2, 0.25) is 0 Å². The van der Waals surface area contributed by atoms with E-state index in [9.17, 15) is 71.2 Å². The molecule has 5 aliphatic carbocycles. The van der Waals surface area contributed by atoms with E-state index < -0.39 is 177 Å². The van der Waals surface area contributed by atoms with E-state index in [2.05, 4.69) is 41.5 Å². The SMILES string of the molecule is CC1(C)[C@@H](O[C@H]2O[C@H](CO)[C@H](O[C@@H]3O[C@H](CO)[C@@H](O)[C@H](O[C@@H]4OC[C@@H](O)[C@H](O)[C@H]4O)[C@H]3O[C@@H]3O[C@H](CO)[C@@H](O)[C@H](O)[C@H]3O)[C@H](O)[C@H]2O)CC[C@]2(C)[C@H]3C(=O)C=C4[C@@H]5C[C@@](C)(C(=O)O)CC[C@]5(C)CC[C@@]4(C)[C@]3(C)CC[C@@H]12. The van der Waals surface area contributed by atoms with Crippen LogP contribution in [0.25, 0.3) is 0 Å². The quantitative estimate of drug-likeness (QED) is 0.0974. The highest BCUT2D eigenvalue weighted by Gasteiger charge is 2.71. The van der Waals surface area contributed by atoms with Gasteiger partial charge in [0, 0.05) is 5.92 Å². The molecule has 0 unspecified atom stereocenters. The lowest BCUT2D eigenvalue weighted by Gasteiger charge is -2.70. The molecule has 9 rings (SSSR count). The number of rotatable bonds is 12. The van der Waals surface area contributed by atoms with Crippen LogP contribution < -0.4 is 0 Å². The third-order valence-electron chi connectivity index (χ3n) is 21.1. The molecule has 76 heavy (non-hydrogen) atoms. The van der Waals surface area contributed by atoms with Gasteiger partial charge in [-0.05, 0) is 110 Å². The van der Waals surface area contributed by atoms with Gasteiger partial charge in [0.1, 0.15) is 91.6 Å². The molecule has 23 nitrogen and oxygen atoms in total. The number of aliphatic hydroxyl groups excluding tert-OH is 12. The molecule has 13 N–H and O–H groups in total. The standard InChI is InChI=1S/C53H84O23/c1-48(2)29-8-11-53(7)42(24(57)16-22-23-17-50(4,47(67)68)13-12-49(23,3)14-15-52(22,53)6)51(29,5)10-9-30(48)73-44-38(66)35(63)39(28(20-56)72-44)74-46-41(76-45-37(65)34(62)32(60)26(18-54)70-45)40(33(61)27(19-55)71-46)75-43-36(64)31(59)25(58)21-69-43/h16,23,25-46,54-56,58-66H,8-15,17-21H2,1-7H3,(H,67,68)/t23-,25+,26+,27+,28+,29-,30-,31-,32+,33+,34-,35+,36+,37+,38+,39-,40-,41+,42+,43-,44+,45-,46-,49+,50-,51-,52+,53+/m0/s1. The van der Waals surface area contributed by atoms with Gasteiger partial charge >= 0.3 is 5.97 Å². The van der Waals surface area contributed by atoms with Crippen molar-refractivity contribution in [2.45, 2.75) is 229 Å². The minimum atomic E-state index is -2.03. The average molecular weight is 1090 g/mol. The maximum absolute atomic E-state index is 15.0. The van der Waals surface area contributed by atoms with Gasteiger partial charge < -0.3 is 104 Å². The minimum Gasteiger partial charge on any atom is -0.481 e. The summed E-state index contributed by atoms with van der Waals surface area (Å²) in [5.41, 5.74) is -1.75. The Bertz CT molecular complexity index is 2140. The van der Waals surface area contributed by atoms with E-state index in [1.165, 1.54) is 0 Å². The molecule has 4 heterocycles. The van der Waals surface area contributed by atoms with E-state index in [0.29, 0.717) is 25.7 Å². The Hall–Kier alpha value is -1.92. The van der Waals surface area contributed by atoms with Crippen LogP contribution in [-0.4, -0.2) is 227 Å². The maximum Gasteiger partial charge on any atom is 0.309 e. The number of fused-ring (bicyclic) bond motifs is 7. The van der Waals surface area contributed by atoms with Crippen molar-refractivity contribution >= 4 is 11.8 Å². The Balaban J connectivity index is 0.942.